The number of thiazole rings is 1. The molecule has 1 N–H and O–H groups in total. The number of fused-ring (bicyclic) bond motifs is 7. The number of nitrogens with zero attached hydrogens (tertiary/aromatic N) is 1. The average molecular weight is 507 g/mol. The Balaban J connectivity index is 1.59. The summed E-state index contributed by atoms with van der Waals surface area (Å²) in [5.74, 6) is 0.499. The third-order valence-corrected chi connectivity index (χ3v) is 9.72. The van der Waals surface area contributed by atoms with Crippen molar-refractivity contribution in [2.45, 2.75) is 72.1 Å². The highest BCUT2D eigenvalue weighted by molar-refractivity contribution is 7.54. The number of carbonyl (C=O) groups is 1. The van der Waals surface area contributed by atoms with Gasteiger partial charge in [0.15, 0.2) is 0 Å². The fourth-order valence-corrected chi connectivity index (χ4v) is 7.55. The van der Waals surface area contributed by atoms with Crippen LogP contribution in [-0.2, 0) is 30.5 Å². The van der Waals surface area contributed by atoms with Gasteiger partial charge in [-0.2, -0.15) is 0 Å². The highest BCUT2D eigenvalue weighted by Gasteiger charge is 2.24. The maximum Gasteiger partial charge on any atom is 0.284 e. The molecule has 0 unspecified atom stereocenters. The largest absolute Gasteiger partial charge is 0.414 e. The lowest BCUT2D eigenvalue weighted by molar-refractivity contribution is -0.123. The summed E-state index contributed by atoms with van der Waals surface area (Å²) in [4.78, 5) is 17.2. The molecule has 2 aromatic carbocycles. The fraction of sp³-hybridized carbons (Fsp3) is 0.429. The number of amides is 1. The molecule has 7 heteroatoms. The minimum absolute atomic E-state index is 0.0567. The molecule has 0 aliphatic heterocycles. The van der Waals surface area contributed by atoms with Crippen LogP contribution >= 0.6 is 19.4 Å². The Kier molecular flexibility index (Phi) is 5.77. The van der Waals surface area contributed by atoms with Crippen molar-refractivity contribution in [1.82, 2.24) is 4.98 Å². The zero-order valence-corrected chi connectivity index (χ0v) is 22.3. The molecule has 0 saturated carbocycles. The lowest BCUT2D eigenvalue weighted by atomic mass is 9.84. The highest BCUT2D eigenvalue weighted by Crippen LogP contribution is 2.47. The van der Waals surface area contributed by atoms with E-state index in [1.807, 2.05) is 26.2 Å². The Bertz CT molecular complexity index is 1420. The lowest BCUT2D eigenvalue weighted by Crippen LogP contribution is -2.27. The van der Waals surface area contributed by atoms with Crippen molar-refractivity contribution >= 4 is 53.0 Å². The van der Waals surface area contributed by atoms with Crippen LogP contribution in [0.1, 0.15) is 68.7 Å². The monoisotopic (exact) mass is 506 g/mol. The van der Waals surface area contributed by atoms with Crippen molar-refractivity contribution in [2.75, 3.05) is 5.32 Å². The molecule has 2 aliphatic carbocycles. The zero-order chi connectivity index (χ0) is 24.2. The number of benzene rings is 2. The van der Waals surface area contributed by atoms with Gasteiger partial charge in [0.25, 0.3) is 8.01 Å². The van der Waals surface area contributed by atoms with Crippen LogP contribution in [0.5, 0.6) is 0 Å². The summed E-state index contributed by atoms with van der Waals surface area (Å²) < 4.78 is 14.1. The van der Waals surface area contributed by atoms with E-state index in [2.05, 4.69) is 29.6 Å². The molecule has 2 heterocycles. The average Bonchev–Trinajstić information content (AvgIpc) is 3.23. The summed E-state index contributed by atoms with van der Waals surface area (Å²) in [5.41, 5.74) is 7.10. The van der Waals surface area contributed by atoms with Crippen molar-refractivity contribution in [3.05, 3.63) is 51.9 Å². The molecule has 0 bridgehead atoms. The first-order valence-corrected chi connectivity index (χ1v) is 14.7. The van der Waals surface area contributed by atoms with E-state index < -0.39 is 13.4 Å². The Morgan fingerprint density at radius 2 is 1.43 bits per heavy atom. The summed E-state index contributed by atoms with van der Waals surface area (Å²) >= 11 is 1.48. The van der Waals surface area contributed by atoms with Gasteiger partial charge in [0.05, 0.1) is 0 Å². The van der Waals surface area contributed by atoms with E-state index in [0.717, 1.165) is 41.6 Å². The predicted octanol–water partition coefficient (Wildman–Crippen LogP) is 8.48. The molecule has 2 aliphatic rings. The maximum absolute atomic E-state index is 12.5. The van der Waals surface area contributed by atoms with Gasteiger partial charge in [-0.15, -0.1) is 11.3 Å². The molecule has 2 aromatic heterocycles. The quantitative estimate of drug-likeness (QED) is 0.296. The first-order valence-electron chi connectivity index (χ1n) is 12.6. The van der Waals surface area contributed by atoms with E-state index in [4.69, 9.17) is 13.4 Å². The van der Waals surface area contributed by atoms with E-state index in [0.29, 0.717) is 5.82 Å². The predicted molar refractivity (Wildman–Crippen MR) is 145 cm³/mol. The molecule has 35 heavy (non-hydrogen) atoms. The van der Waals surface area contributed by atoms with Gasteiger partial charge in [-0.3, -0.25) is 4.79 Å². The SMILES string of the molecule is CC(C)(C)C(=O)Nc1csc(-p2oc3ccc4c(c3c3c5c(ccc3o2)CCCC5)CCCC4)n1. The standard InChI is InChI=1S/C28H31N2O3PS/c1-28(2,3)26(31)29-23-16-35-27(30-23)34-32-21-14-12-17-8-4-6-10-19(17)24(21)25-20-11-7-5-9-18(20)13-15-22(25)33-34/h12-16H,4-11H2,1-3H3,(H,29,31). The van der Waals surface area contributed by atoms with Crippen LogP contribution in [0.4, 0.5) is 5.82 Å². The Morgan fingerprint density at radius 1 is 0.886 bits per heavy atom. The summed E-state index contributed by atoms with van der Waals surface area (Å²) in [7, 11) is -1.47. The van der Waals surface area contributed by atoms with Crippen molar-refractivity contribution in [3.63, 3.8) is 0 Å². The van der Waals surface area contributed by atoms with Crippen molar-refractivity contribution < 1.29 is 13.2 Å². The minimum atomic E-state index is -1.47. The number of hydrogen-bond donors (Lipinski definition) is 1. The molecule has 6 rings (SSSR count). The van der Waals surface area contributed by atoms with Gasteiger partial charge in [-0.05, 0) is 85.8 Å². The molecular formula is C28H31N2O3PS. The van der Waals surface area contributed by atoms with E-state index in [9.17, 15) is 4.79 Å². The number of aromatic nitrogens is 1. The molecule has 0 radical (unpaired) electrons. The third-order valence-electron chi connectivity index (χ3n) is 7.17. The summed E-state index contributed by atoms with van der Waals surface area (Å²) in [6.07, 6.45) is 9.36. The number of nitrogens with one attached hydrogen (secondary N) is 1. The number of rotatable bonds is 2. The smallest absolute Gasteiger partial charge is 0.284 e. The van der Waals surface area contributed by atoms with Crippen LogP contribution in [-0.4, -0.2) is 10.9 Å². The van der Waals surface area contributed by atoms with Crippen LogP contribution in [0, 0.1) is 5.41 Å². The van der Waals surface area contributed by atoms with Gasteiger partial charge in [0.2, 0.25) is 10.7 Å². The fourth-order valence-electron chi connectivity index (χ4n) is 5.30. The Labute approximate surface area is 210 Å². The molecule has 0 atom stereocenters. The van der Waals surface area contributed by atoms with Gasteiger partial charge in [-0.25, -0.2) is 4.98 Å². The Morgan fingerprint density at radius 3 is 1.97 bits per heavy atom. The number of hydrogen-bond acceptors (Lipinski definition) is 5. The molecule has 5 nitrogen and oxygen atoms in total. The number of aryl methyl sites for hydroxylation is 4. The van der Waals surface area contributed by atoms with E-state index in [1.54, 1.807) is 0 Å². The van der Waals surface area contributed by atoms with Gasteiger partial charge in [0, 0.05) is 21.6 Å². The zero-order valence-electron chi connectivity index (χ0n) is 20.6. The third kappa shape index (κ3) is 4.21. The van der Waals surface area contributed by atoms with Gasteiger partial charge in [-0.1, -0.05) is 32.9 Å². The maximum atomic E-state index is 12.5. The minimum Gasteiger partial charge on any atom is -0.414 e. The molecule has 182 valence electrons. The van der Waals surface area contributed by atoms with Crippen LogP contribution < -0.4 is 5.32 Å². The molecular weight excluding hydrogens is 475 g/mol. The van der Waals surface area contributed by atoms with E-state index in [1.165, 1.54) is 70.0 Å². The first-order chi connectivity index (χ1) is 16.9. The van der Waals surface area contributed by atoms with Gasteiger partial charge in [0.1, 0.15) is 17.0 Å². The van der Waals surface area contributed by atoms with Crippen LogP contribution in [0.3, 0.4) is 0 Å². The van der Waals surface area contributed by atoms with Crippen LogP contribution in [0.15, 0.2) is 38.0 Å². The molecule has 0 spiro atoms. The van der Waals surface area contributed by atoms with Crippen molar-refractivity contribution in [1.29, 1.82) is 0 Å². The van der Waals surface area contributed by atoms with Crippen LogP contribution in [0.25, 0.3) is 26.7 Å². The highest BCUT2D eigenvalue weighted by atomic mass is 32.1. The molecule has 4 aromatic rings. The van der Waals surface area contributed by atoms with E-state index >= 15 is 0 Å². The topological polar surface area (TPSA) is 68.3 Å². The summed E-state index contributed by atoms with van der Waals surface area (Å²) in [6, 6.07) is 8.78. The molecule has 0 fully saturated rings. The van der Waals surface area contributed by atoms with Crippen molar-refractivity contribution in [2.24, 2.45) is 5.41 Å². The first kappa shape index (κ1) is 22.9. The van der Waals surface area contributed by atoms with Gasteiger partial charge < -0.3 is 13.7 Å². The second-order valence-corrected chi connectivity index (χ2v) is 13.2. The summed E-state index contributed by atoms with van der Waals surface area (Å²) in [5, 5.41) is 7.31. The number of carbonyl (C=O) groups excluding carboxylic acids is 1. The second-order valence-electron chi connectivity index (χ2n) is 10.7. The lowest BCUT2D eigenvalue weighted by Gasteiger charge is -2.20. The van der Waals surface area contributed by atoms with Crippen molar-refractivity contribution in [3.8, 4) is 4.75 Å². The number of anilines is 1. The normalized spacial score (nSPS) is 15.6. The van der Waals surface area contributed by atoms with Crippen LogP contribution in [0.2, 0.25) is 0 Å². The second kappa shape index (κ2) is 8.83. The van der Waals surface area contributed by atoms with E-state index in [-0.39, 0.29) is 5.91 Å². The van der Waals surface area contributed by atoms with Gasteiger partial charge >= 0.3 is 0 Å². The Hall–Kier alpha value is -2.56. The molecule has 0 saturated heterocycles. The molecule has 1 amide bonds. The summed E-state index contributed by atoms with van der Waals surface area (Å²) in [6.45, 7) is 5.69.